The Morgan fingerprint density at radius 3 is 2.36 bits per heavy atom. The molecule has 1 heteroatoms. The Morgan fingerprint density at radius 1 is 0.909 bits per heavy atom. The Morgan fingerprint density at radius 2 is 1.64 bits per heavy atom. The standard InChI is InChI=1S/C10H7.Ni/c1-2-6-10-8-4-3-7-9(10)5-1;/h1-3,5-8H;/q-1;. The minimum Gasteiger partial charge on any atom is -0.183 e. The Bertz CT molecular complexity index is 276. The summed E-state index contributed by atoms with van der Waals surface area (Å²) < 4.78 is 0. The molecular weight excluding hydrogens is 179 g/mol. The van der Waals surface area contributed by atoms with E-state index in [0.29, 0.717) is 0 Å². The third kappa shape index (κ3) is 1.61. The van der Waals surface area contributed by atoms with Crippen LogP contribution in [0, 0.1) is 6.07 Å². The molecule has 0 spiro atoms. The van der Waals surface area contributed by atoms with E-state index in [0.717, 1.165) is 0 Å². The molecule has 2 rings (SSSR count). The summed E-state index contributed by atoms with van der Waals surface area (Å²) in [5, 5.41) is 2.53. The molecule has 0 N–H and O–H groups in total. The van der Waals surface area contributed by atoms with Crippen molar-refractivity contribution in [3.8, 4) is 0 Å². The first-order valence-electron chi connectivity index (χ1n) is 3.32. The summed E-state index contributed by atoms with van der Waals surface area (Å²) in [5.41, 5.74) is 0. The molecule has 2 aromatic carbocycles. The van der Waals surface area contributed by atoms with Gasteiger partial charge in [-0.25, -0.2) is 0 Å². The zero-order valence-electron chi connectivity index (χ0n) is 5.86. The van der Waals surface area contributed by atoms with Gasteiger partial charge in [0.2, 0.25) is 0 Å². The van der Waals surface area contributed by atoms with Crippen LogP contribution in [0.1, 0.15) is 0 Å². The maximum atomic E-state index is 3.04. The van der Waals surface area contributed by atoms with Crippen LogP contribution < -0.4 is 0 Å². The number of rotatable bonds is 0. The van der Waals surface area contributed by atoms with Gasteiger partial charge in [0, 0.05) is 16.5 Å². The molecule has 0 bridgehead atoms. The first-order chi connectivity index (χ1) is 4.97. The van der Waals surface area contributed by atoms with Gasteiger partial charge in [0.15, 0.2) is 0 Å². The summed E-state index contributed by atoms with van der Waals surface area (Å²) in [6.45, 7) is 0. The molecule has 0 radical (unpaired) electrons. The fourth-order valence-electron chi connectivity index (χ4n) is 1.07. The molecule has 0 heterocycles. The molecule has 0 nitrogen and oxygen atoms in total. The molecule has 0 aliphatic carbocycles. The third-order valence-electron chi connectivity index (χ3n) is 1.59. The molecule has 0 aliphatic rings. The van der Waals surface area contributed by atoms with E-state index < -0.39 is 0 Å². The molecule has 0 fully saturated rings. The maximum absolute atomic E-state index is 3.04. The van der Waals surface area contributed by atoms with Crippen molar-refractivity contribution in [3.63, 3.8) is 0 Å². The van der Waals surface area contributed by atoms with Gasteiger partial charge in [0.25, 0.3) is 0 Å². The van der Waals surface area contributed by atoms with Crippen LogP contribution in [0.15, 0.2) is 42.5 Å². The van der Waals surface area contributed by atoms with Gasteiger partial charge in [-0.1, -0.05) is 18.2 Å². The van der Waals surface area contributed by atoms with Crippen molar-refractivity contribution >= 4 is 10.8 Å². The van der Waals surface area contributed by atoms with Crippen molar-refractivity contribution < 1.29 is 16.5 Å². The summed E-state index contributed by atoms with van der Waals surface area (Å²) in [4.78, 5) is 0. The fraction of sp³-hybridized carbons (Fsp3) is 0. The zero-order chi connectivity index (χ0) is 6.81. The molecule has 0 unspecified atom stereocenters. The van der Waals surface area contributed by atoms with Crippen LogP contribution in [-0.4, -0.2) is 0 Å². The predicted molar refractivity (Wildman–Crippen MR) is 42.8 cm³/mol. The summed E-state index contributed by atoms with van der Waals surface area (Å²) in [7, 11) is 0. The second kappa shape index (κ2) is 3.55. The van der Waals surface area contributed by atoms with Crippen molar-refractivity contribution in [3.05, 3.63) is 48.5 Å². The van der Waals surface area contributed by atoms with Crippen LogP contribution in [-0.2, 0) is 16.5 Å². The molecule has 0 saturated heterocycles. The van der Waals surface area contributed by atoms with Crippen molar-refractivity contribution in [2.75, 3.05) is 0 Å². The molecule has 0 aromatic heterocycles. The van der Waals surface area contributed by atoms with Gasteiger partial charge in [-0.3, -0.25) is 0 Å². The second-order valence-corrected chi connectivity index (χ2v) is 2.27. The van der Waals surface area contributed by atoms with Crippen LogP contribution in [0.4, 0.5) is 0 Å². The fourth-order valence-corrected chi connectivity index (χ4v) is 1.07. The van der Waals surface area contributed by atoms with E-state index in [1.165, 1.54) is 10.8 Å². The largest absolute Gasteiger partial charge is 0.183 e. The van der Waals surface area contributed by atoms with Gasteiger partial charge >= 0.3 is 0 Å². The Balaban J connectivity index is 0.000000605. The van der Waals surface area contributed by atoms with E-state index in [9.17, 15) is 0 Å². The summed E-state index contributed by atoms with van der Waals surface area (Å²) in [6.07, 6.45) is 0. The third-order valence-corrected chi connectivity index (χ3v) is 1.59. The van der Waals surface area contributed by atoms with Crippen LogP contribution >= 0.6 is 0 Å². The first-order valence-corrected chi connectivity index (χ1v) is 3.32. The normalized spacial score (nSPS) is 9.09. The van der Waals surface area contributed by atoms with E-state index in [1.807, 2.05) is 24.3 Å². The topological polar surface area (TPSA) is 0 Å². The van der Waals surface area contributed by atoms with E-state index in [2.05, 4.69) is 24.3 Å². The van der Waals surface area contributed by atoms with E-state index in [4.69, 9.17) is 0 Å². The Hall–Kier alpha value is -0.806. The number of hydrogen-bond donors (Lipinski definition) is 0. The van der Waals surface area contributed by atoms with Gasteiger partial charge in [-0.05, 0) is 0 Å². The number of benzene rings is 2. The molecule has 0 amide bonds. The molecule has 2 aromatic rings. The molecule has 0 saturated carbocycles. The average molecular weight is 186 g/mol. The van der Waals surface area contributed by atoms with Crippen LogP contribution in [0.5, 0.6) is 0 Å². The van der Waals surface area contributed by atoms with Crippen molar-refractivity contribution in [1.29, 1.82) is 0 Å². The smallest absolute Gasteiger partial charge is 0 e. The predicted octanol–water partition coefficient (Wildman–Crippen LogP) is 2.64. The second-order valence-electron chi connectivity index (χ2n) is 2.27. The monoisotopic (exact) mass is 185 g/mol. The van der Waals surface area contributed by atoms with Crippen LogP contribution in [0.2, 0.25) is 0 Å². The zero-order valence-corrected chi connectivity index (χ0v) is 6.85. The van der Waals surface area contributed by atoms with Crippen LogP contribution in [0.25, 0.3) is 10.8 Å². The van der Waals surface area contributed by atoms with Gasteiger partial charge in [0.1, 0.15) is 0 Å². The summed E-state index contributed by atoms with van der Waals surface area (Å²) >= 11 is 0. The molecule has 11 heavy (non-hydrogen) atoms. The molecule has 58 valence electrons. The number of fused-ring (bicyclic) bond motifs is 1. The summed E-state index contributed by atoms with van der Waals surface area (Å²) in [6, 6.07) is 17.3. The van der Waals surface area contributed by atoms with Gasteiger partial charge in [-0.2, -0.15) is 24.3 Å². The van der Waals surface area contributed by atoms with Gasteiger partial charge in [-0.15, -0.1) is 16.8 Å². The van der Waals surface area contributed by atoms with Crippen molar-refractivity contribution in [2.45, 2.75) is 0 Å². The van der Waals surface area contributed by atoms with E-state index in [-0.39, 0.29) is 16.5 Å². The van der Waals surface area contributed by atoms with Crippen molar-refractivity contribution in [1.82, 2.24) is 0 Å². The minimum absolute atomic E-state index is 0. The maximum Gasteiger partial charge on any atom is 0 e. The van der Waals surface area contributed by atoms with Gasteiger partial charge in [0.05, 0.1) is 0 Å². The van der Waals surface area contributed by atoms with Gasteiger partial charge < -0.3 is 0 Å². The molecular formula is C10H7Ni-. The minimum atomic E-state index is 0. The first kappa shape index (κ1) is 8.29. The quantitative estimate of drug-likeness (QED) is 0.438. The van der Waals surface area contributed by atoms with E-state index >= 15 is 0 Å². The SMILES string of the molecule is [Ni].[c-]1ccc2ccccc2c1. The molecule has 0 atom stereocenters. The average Bonchev–Trinajstić information content (AvgIpc) is 2.05. The Labute approximate surface area is 76.2 Å². The Kier molecular flexibility index (Phi) is 2.67. The summed E-state index contributed by atoms with van der Waals surface area (Å²) in [5.74, 6) is 0. The van der Waals surface area contributed by atoms with E-state index in [1.54, 1.807) is 0 Å². The van der Waals surface area contributed by atoms with Crippen molar-refractivity contribution in [2.24, 2.45) is 0 Å². The number of hydrogen-bond acceptors (Lipinski definition) is 0. The molecule has 0 aliphatic heterocycles. The van der Waals surface area contributed by atoms with Crippen LogP contribution in [0.3, 0.4) is 0 Å².